The fraction of sp³-hybridized carbons (Fsp3) is 0.387. The molecule has 5 rings (SSSR count). The normalized spacial score (nSPS) is 20.7. The predicted molar refractivity (Wildman–Crippen MR) is 195 cm³/mol. The monoisotopic (exact) mass is 860 g/mol. The molecule has 0 spiro atoms. The van der Waals surface area contributed by atoms with Gasteiger partial charge >= 0.3 is 29.4 Å². The molecule has 0 radical (unpaired) electrons. The first-order valence-corrected chi connectivity index (χ1v) is 21.4. The Balaban J connectivity index is 1.47. The molecule has 57 heavy (non-hydrogen) atoms. The summed E-state index contributed by atoms with van der Waals surface area (Å²) >= 11 is 0. The molecule has 26 heteroatoms. The topological polar surface area (TPSA) is 346 Å². The molecule has 1 fully saturated rings. The number of aromatic amines is 1. The van der Waals surface area contributed by atoms with Crippen LogP contribution in [-0.2, 0) is 49.3 Å². The lowest BCUT2D eigenvalue weighted by atomic mass is 9.90. The third kappa shape index (κ3) is 10.7. The van der Waals surface area contributed by atoms with Crippen LogP contribution in [-0.4, -0.2) is 111 Å². The highest BCUT2D eigenvalue weighted by Crippen LogP contribution is 2.66. The average Bonchev–Trinajstić information content (AvgIpc) is 3.68. The number of hydrogen-bond acceptors (Lipinski definition) is 17. The second kappa shape index (κ2) is 17.9. The van der Waals surface area contributed by atoms with Crippen molar-refractivity contribution < 1.29 is 75.7 Å². The Morgan fingerprint density at radius 2 is 1.61 bits per heavy atom. The number of ketones is 1. The number of carbonyl (C=O) groups is 2. The van der Waals surface area contributed by atoms with Crippen molar-refractivity contribution >= 4 is 52.3 Å². The molecule has 2 aromatic heterocycles. The summed E-state index contributed by atoms with van der Waals surface area (Å²) in [5, 5.41) is 21.7. The number of nitrogens with zero attached hydrogens (tertiary/aromatic N) is 4. The van der Waals surface area contributed by atoms with Crippen molar-refractivity contribution in [2.24, 2.45) is 0 Å². The standard InChI is InChI=1S/C31H39N6O17P3/c1-3-36(4-2)13-12-18-20(30(42)50-15-22-25(39)26(40)29(52-22)37-16-33-23-27(37)34-31(32)35-28(23)41)11-10-19(24(38)17-8-6-5-7-9-17)21(18)14-51-56(46,47)54-57(48,49)53-55(43,44)45/h5-11,16,22,25-26,29,39-40H,3-4,12-15H2,1-2H3,(H,46,47)(H,48,49)(H2,43,44,45)(H3,32,34,35,41)/t22-,25-,26-,29-/m1/s1. The number of nitrogen functional groups attached to an aromatic ring is 1. The molecule has 0 aliphatic carbocycles. The van der Waals surface area contributed by atoms with Crippen LogP contribution in [0.3, 0.4) is 0 Å². The van der Waals surface area contributed by atoms with Gasteiger partial charge in [-0.15, -0.1) is 0 Å². The molecule has 1 aliphatic rings. The summed E-state index contributed by atoms with van der Waals surface area (Å²) in [6.07, 6.45) is -4.81. The van der Waals surface area contributed by atoms with Crippen molar-refractivity contribution in [3.05, 3.63) is 87.0 Å². The number of phosphoric ester groups is 1. The number of ether oxygens (including phenoxy) is 2. The van der Waals surface area contributed by atoms with Gasteiger partial charge in [0.15, 0.2) is 23.2 Å². The third-order valence-electron chi connectivity index (χ3n) is 8.73. The van der Waals surface area contributed by atoms with E-state index in [0.717, 1.165) is 6.33 Å². The van der Waals surface area contributed by atoms with Crippen molar-refractivity contribution in [3.8, 4) is 0 Å². The number of aliphatic hydroxyl groups excluding tert-OH is 2. The molecular weight excluding hydrogens is 821 g/mol. The molecule has 310 valence electrons. The van der Waals surface area contributed by atoms with Crippen LogP contribution in [0.5, 0.6) is 0 Å². The summed E-state index contributed by atoms with van der Waals surface area (Å²) < 4.78 is 61.2. The first-order valence-electron chi connectivity index (χ1n) is 16.9. The Labute approximate surface area is 322 Å². The lowest BCUT2D eigenvalue weighted by Crippen LogP contribution is -2.34. The molecule has 6 atom stereocenters. The fourth-order valence-corrected chi connectivity index (χ4v) is 9.00. The summed E-state index contributed by atoms with van der Waals surface area (Å²) in [6, 6.07) is 10.3. The highest BCUT2D eigenvalue weighted by atomic mass is 31.3. The van der Waals surface area contributed by atoms with Gasteiger partial charge in [-0.2, -0.15) is 13.6 Å². The number of aromatic nitrogens is 4. The highest BCUT2D eigenvalue weighted by molar-refractivity contribution is 7.66. The molecule has 23 nitrogen and oxygen atoms in total. The molecule has 1 saturated heterocycles. The zero-order valence-corrected chi connectivity index (χ0v) is 32.7. The zero-order valence-electron chi connectivity index (χ0n) is 30.1. The van der Waals surface area contributed by atoms with E-state index in [-0.39, 0.29) is 57.9 Å². The van der Waals surface area contributed by atoms with Crippen LogP contribution < -0.4 is 11.3 Å². The van der Waals surface area contributed by atoms with Gasteiger partial charge in [0.25, 0.3) is 5.56 Å². The largest absolute Gasteiger partial charge is 0.490 e. The van der Waals surface area contributed by atoms with Crippen LogP contribution in [0.15, 0.2) is 53.6 Å². The summed E-state index contributed by atoms with van der Waals surface area (Å²) in [5.41, 5.74) is 4.57. The molecule has 9 N–H and O–H groups in total. The van der Waals surface area contributed by atoms with Gasteiger partial charge in [0.1, 0.15) is 24.9 Å². The Bertz CT molecular complexity index is 2310. The number of nitrogens with one attached hydrogen (secondary N) is 1. The Hall–Kier alpha value is -4.02. The number of anilines is 1. The first kappa shape index (κ1) is 44.1. The molecule has 0 bridgehead atoms. The van der Waals surface area contributed by atoms with Gasteiger partial charge in [0.2, 0.25) is 5.95 Å². The molecule has 2 aromatic carbocycles. The minimum atomic E-state index is -5.90. The first-order chi connectivity index (χ1) is 26.7. The maximum Gasteiger partial charge on any atom is 0.490 e. The van der Waals surface area contributed by atoms with Gasteiger partial charge in [-0.05, 0) is 42.8 Å². The van der Waals surface area contributed by atoms with Gasteiger partial charge < -0.3 is 49.9 Å². The van der Waals surface area contributed by atoms with Crippen LogP contribution >= 0.6 is 23.5 Å². The van der Waals surface area contributed by atoms with E-state index in [1.165, 1.54) is 28.8 Å². The van der Waals surface area contributed by atoms with Crippen molar-refractivity contribution in [3.63, 3.8) is 0 Å². The number of carbonyl (C=O) groups excluding carboxylic acids is 2. The molecule has 4 aromatic rings. The number of rotatable bonds is 18. The number of aliphatic hydroxyl groups is 2. The van der Waals surface area contributed by atoms with Crippen LogP contribution in [0.2, 0.25) is 0 Å². The van der Waals surface area contributed by atoms with E-state index in [9.17, 15) is 48.1 Å². The number of likely N-dealkylation sites (N-methyl/N-ethyl adjacent to an activating group) is 1. The van der Waals surface area contributed by atoms with Crippen molar-refractivity contribution in [1.29, 1.82) is 0 Å². The van der Waals surface area contributed by atoms with Gasteiger partial charge in [-0.3, -0.25) is 23.7 Å². The van der Waals surface area contributed by atoms with Gasteiger partial charge in [0.05, 0.1) is 18.5 Å². The number of phosphoric acid groups is 3. The number of imidazole rings is 1. The summed E-state index contributed by atoms with van der Waals surface area (Å²) in [5.74, 6) is -1.91. The van der Waals surface area contributed by atoms with Crippen molar-refractivity contribution in [2.45, 2.75) is 51.4 Å². The van der Waals surface area contributed by atoms with Crippen LogP contribution in [0.1, 0.15) is 57.5 Å². The molecule has 0 amide bonds. The van der Waals surface area contributed by atoms with Gasteiger partial charge in [-0.1, -0.05) is 44.2 Å². The van der Waals surface area contributed by atoms with E-state index in [2.05, 4.69) is 23.6 Å². The lowest BCUT2D eigenvalue weighted by molar-refractivity contribution is -0.0565. The maximum atomic E-state index is 13.9. The Morgan fingerprint density at radius 1 is 0.947 bits per heavy atom. The SMILES string of the molecule is CCN(CC)CCc1c(C(=O)OC[C@H]2O[C@@H](n3cnc4c(=O)[nH]c(N)nc43)[C@H](O)[C@@H]2O)ccc(C(=O)c2ccccc2)c1COP(=O)(O)OP(=O)(O)OP(=O)(O)O. The molecule has 1 aliphatic heterocycles. The minimum absolute atomic E-state index is 0.0105. The molecular formula is C31H39N6O17P3. The summed E-state index contributed by atoms with van der Waals surface area (Å²) in [7, 11) is -17.3. The van der Waals surface area contributed by atoms with Crippen LogP contribution in [0.4, 0.5) is 5.95 Å². The lowest BCUT2D eigenvalue weighted by Gasteiger charge is -2.23. The smallest absolute Gasteiger partial charge is 0.459 e. The number of esters is 1. The highest BCUT2D eigenvalue weighted by Gasteiger charge is 2.45. The summed E-state index contributed by atoms with van der Waals surface area (Å²) in [4.78, 5) is 90.0. The van der Waals surface area contributed by atoms with Gasteiger partial charge in [-0.25, -0.2) is 23.5 Å². The number of fused-ring (bicyclic) bond motifs is 1. The van der Waals surface area contributed by atoms with Crippen LogP contribution in [0.25, 0.3) is 11.2 Å². The zero-order chi connectivity index (χ0) is 41.9. The molecule has 3 heterocycles. The van der Waals surface area contributed by atoms with Crippen molar-refractivity contribution in [2.75, 3.05) is 32.0 Å². The number of benzene rings is 2. The Morgan fingerprint density at radius 3 is 2.26 bits per heavy atom. The average molecular weight is 861 g/mol. The van der Waals surface area contributed by atoms with E-state index in [1.807, 2.05) is 18.7 Å². The second-order valence-corrected chi connectivity index (χ2v) is 16.8. The van der Waals surface area contributed by atoms with Crippen molar-refractivity contribution in [1.82, 2.24) is 24.4 Å². The maximum absolute atomic E-state index is 13.9. The molecule has 0 saturated carbocycles. The summed E-state index contributed by atoms with van der Waals surface area (Å²) in [6.45, 7) is 3.43. The molecule has 2 unspecified atom stereocenters. The third-order valence-corrected chi connectivity index (χ3v) is 12.5. The van der Waals surface area contributed by atoms with Crippen LogP contribution in [0, 0.1) is 0 Å². The fourth-order valence-electron chi connectivity index (χ4n) is 6.01. The van der Waals surface area contributed by atoms with E-state index < -0.39 is 78.5 Å². The number of H-pyrrole nitrogens is 1. The van der Waals surface area contributed by atoms with E-state index in [1.54, 1.807) is 18.2 Å². The van der Waals surface area contributed by atoms with E-state index >= 15 is 0 Å². The van der Waals surface area contributed by atoms with E-state index in [4.69, 9.17) is 29.5 Å². The second-order valence-electron chi connectivity index (χ2n) is 12.4. The predicted octanol–water partition coefficient (Wildman–Crippen LogP) is 1.14. The number of nitrogens with two attached hydrogens (primary N) is 1. The number of hydrogen-bond donors (Lipinski definition) is 8. The Kier molecular flexibility index (Phi) is 13.8. The van der Waals surface area contributed by atoms with Gasteiger partial charge in [0, 0.05) is 17.7 Å². The van der Waals surface area contributed by atoms with E-state index in [0.29, 0.717) is 13.1 Å². The minimum Gasteiger partial charge on any atom is -0.459 e. The quantitative estimate of drug-likeness (QED) is 0.0395.